The van der Waals surface area contributed by atoms with Crippen molar-refractivity contribution in [2.45, 2.75) is 5.16 Å². The van der Waals surface area contributed by atoms with Crippen LogP contribution in [0.1, 0.15) is 0 Å². The van der Waals surface area contributed by atoms with Gasteiger partial charge in [0.15, 0.2) is 5.65 Å². The molecule has 9 heteroatoms. The second-order valence-electron chi connectivity index (χ2n) is 6.06. The van der Waals surface area contributed by atoms with Crippen molar-refractivity contribution >= 4 is 45.4 Å². The van der Waals surface area contributed by atoms with Crippen molar-refractivity contribution in [2.24, 2.45) is 7.05 Å². The predicted molar refractivity (Wildman–Crippen MR) is 106 cm³/mol. The molecule has 2 aromatic heterocycles. The molecule has 0 atom stereocenters. The molecule has 0 saturated heterocycles. The fourth-order valence-electron chi connectivity index (χ4n) is 2.91. The van der Waals surface area contributed by atoms with Crippen molar-refractivity contribution in [3.8, 4) is 5.75 Å². The maximum atomic E-state index is 13.6. The first-order valence-corrected chi connectivity index (χ1v) is 9.39. The highest BCUT2D eigenvalue weighted by molar-refractivity contribution is 7.99. The first-order valence-electron chi connectivity index (χ1n) is 8.40. The number of fused-ring (bicyclic) bond motifs is 3. The highest BCUT2D eigenvalue weighted by Crippen LogP contribution is 2.27. The number of hydrogen-bond acceptors (Lipinski definition) is 6. The van der Waals surface area contributed by atoms with Gasteiger partial charge in [-0.05, 0) is 30.3 Å². The number of nitrogens with one attached hydrogen (secondary N) is 1. The lowest BCUT2D eigenvalue weighted by Gasteiger charge is -2.06. The molecule has 4 rings (SSSR count). The van der Waals surface area contributed by atoms with Gasteiger partial charge in [-0.3, -0.25) is 4.79 Å². The third-order valence-electron chi connectivity index (χ3n) is 4.23. The summed E-state index contributed by atoms with van der Waals surface area (Å²) in [6.45, 7) is 0. The highest BCUT2D eigenvalue weighted by Gasteiger charge is 2.14. The smallest absolute Gasteiger partial charge is 0.234 e. The van der Waals surface area contributed by atoms with Gasteiger partial charge in [-0.15, -0.1) is 10.2 Å². The van der Waals surface area contributed by atoms with Crippen molar-refractivity contribution in [2.75, 3.05) is 18.2 Å². The molecular formula is C19H16FN5O2S. The van der Waals surface area contributed by atoms with Crippen molar-refractivity contribution < 1.29 is 13.9 Å². The van der Waals surface area contributed by atoms with Crippen molar-refractivity contribution in [3.63, 3.8) is 0 Å². The molecule has 0 bridgehead atoms. The molecule has 4 aromatic rings. The molecule has 1 amide bonds. The molecule has 0 radical (unpaired) electrons. The number of methoxy groups -OCH3 is 1. The van der Waals surface area contributed by atoms with Gasteiger partial charge in [0, 0.05) is 24.2 Å². The van der Waals surface area contributed by atoms with E-state index < -0.39 is 0 Å². The van der Waals surface area contributed by atoms with Crippen molar-refractivity contribution in [3.05, 3.63) is 48.3 Å². The Kier molecular flexibility index (Phi) is 4.82. The average Bonchev–Trinajstić information content (AvgIpc) is 2.98. The number of thioether (sulfide) groups is 1. The predicted octanol–water partition coefficient (Wildman–Crippen LogP) is 3.40. The summed E-state index contributed by atoms with van der Waals surface area (Å²) in [4.78, 5) is 16.7. The number of carbonyl (C=O) groups excluding carboxylic acids is 1. The van der Waals surface area contributed by atoms with E-state index in [1.165, 1.54) is 23.9 Å². The van der Waals surface area contributed by atoms with E-state index in [1.54, 1.807) is 37.4 Å². The van der Waals surface area contributed by atoms with Crippen LogP contribution in [0.3, 0.4) is 0 Å². The Balaban J connectivity index is 1.51. The number of amides is 1. The first kappa shape index (κ1) is 18.2. The molecule has 0 aliphatic heterocycles. The number of halogens is 1. The number of benzene rings is 2. The standard InChI is InChI=1S/C19H16FN5O2S/c1-25-15-7-6-11(20)8-14(15)17-18(25)22-19(24-23-17)28-10-16(26)21-12-4-3-5-13(9-12)27-2/h3-9H,10H2,1-2H3,(H,21,26). The summed E-state index contributed by atoms with van der Waals surface area (Å²) in [5.41, 5.74) is 2.58. The van der Waals surface area contributed by atoms with E-state index in [4.69, 9.17) is 4.74 Å². The summed E-state index contributed by atoms with van der Waals surface area (Å²) in [6.07, 6.45) is 0. The molecule has 7 nitrogen and oxygen atoms in total. The lowest BCUT2D eigenvalue weighted by Crippen LogP contribution is -2.14. The third kappa shape index (κ3) is 3.48. The van der Waals surface area contributed by atoms with Gasteiger partial charge in [0.25, 0.3) is 0 Å². The zero-order valence-electron chi connectivity index (χ0n) is 15.1. The third-order valence-corrected chi connectivity index (χ3v) is 5.07. The fourth-order valence-corrected chi connectivity index (χ4v) is 3.49. The summed E-state index contributed by atoms with van der Waals surface area (Å²) in [5, 5.41) is 12.1. The molecule has 0 unspecified atom stereocenters. The Morgan fingerprint density at radius 2 is 2.11 bits per heavy atom. The van der Waals surface area contributed by atoms with Gasteiger partial charge in [-0.1, -0.05) is 17.8 Å². The maximum Gasteiger partial charge on any atom is 0.234 e. The molecule has 0 fully saturated rings. The van der Waals surface area contributed by atoms with Crippen LogP contribution in [0.25, 0.3) is 22.1 Å². The number of anilines is 1. The van der Waals surface area contributed by atoms with Crippen molar-refractivity contribution in [1.29, 1.82) is 0 Å². The summed E-state index contributed by atoms with van der Waals surface area (Å²) in [5.74, 6) is 0.259. The second-order valence-corrected chi connectivity index (χ2v) is 7.00. The number of aryl methyl sites for hydroxylation is 1. The molecule has 0 spiro atoms. The Morgan fingerprint density at radius 3 is 2.93 bits per heavy atom. The van der Waals surface area contributed by atoms with Crippen LogP contribution in [0.5, 0.6) is 5.75 Å². The molecule has 0 saturated carbocycles. The number of rotatable bonds is 5. The van der Waals surface area contributed by atoms with E-state index in [0.717, 1.165) is 5.52 Å². The van der Waals surface area contributed by atoms with E-state index in [0.29, 0.717) is 33.1 Å². The number of carbonyl (C=O) groups is 1. The molecular weight excluding hydrogens is 381 g/mol. The Bertz CT molecular complexity index is 1190. The molecule has 2 heterocycles. The lowest BCUT2D eigenvalue weighted by atomic mass is 10.2. The van der Waals surface area contributed by atoms with Crippen LogP contribution in [0.15, 0.2) is 47.6 Å². The quantitative estimate of drug-likeness (QED) is 0.520. The van der Waals surface area contributed by atoms with Crippen LogP contribution in [-0.2, 0) is 11.8 Å². The fraction of sp³-hybridized carbons (Fsp3) is 0.158. The largest absolute Gasteiger partial charge is 0.497 e. The Hall–Kier alpha value is -3.20. The van der Waals surface area contributed by atoms with Gasteiger partial charge in [-0.2, -0.15) is 0 Å². The van der Waals surface area contributed by atoms with E-state index in [-0.39, 0.29) is 17.5 Å². The number of nitrogens with zero attached hydrogens (tertiary/aromatic N) is 4. The average molecular weight is 397 g/mol. The summed E-state index contributed by atoms with van der Waals surface area (Å²) < 4.78 is 20.5. The van der Waals surface area contributed by atoms with Crippen LogP contribution < -0.4 is 10.1 Å². The molecule has 0 aliphatic carbocycles. The van der Waals surface area contributed by atoms with Crippen LogP contribution in [0, 0.1) is 5.82 Å². The van der Waals surface area contributed by atoms with Gasteiger partial charge in [0.05, 0.1) is 18.4 Å². The normalized spacial score (nSPS) is 11.1. The van der Waals surface area contributed by atoms with Crippen LogP contribution in [0.2, 0.25) is 0 Å². The number of ether oxygens (including phenoxy) is 1. The maximum absolute atomic E-state index is 13.6. The van der Waals surface area contributed by atoms with E-state index in [9.17, 15) is 9.18 Å². The minimum Gasteiger partial charge on any atom is -0.497 e. The molecule has 142 valence electrons. The minimum absolute atomic E-state index is 0.128. The summed E-state index contributed by atoms with van der Waals surface area (Å²) in [7, 11) is 3.40. The molecule has 1 N–H and O–H groups in total. The van der Waals surface area contributed by atoms with E-state index >= 15 is 0 Å². The highest BCUT2D eigenvalue weighted by atomic mass is 32.2. The topological polar surface area (TPSA) is 81.9 Å². The monoisotopic (exact) mass is 397 g/mol. The van der Waals surface area contributed by atoms with Gasteiger partial charge in [0.2, 0.25) is 11.1 Å². The van der Waals surface area contributed by atoms with E-state index in [1.807, 2.05) is 11.6 Å². The van der Waals surface area contributed by atoms with Crippen molar-refractivity contribution in [1.82, 2.24) is 19.7 Å². The first-order chi connectivity index (χ1) is 13.5. The molecule has 2 aromatic carbocycles. The Morgan fingerprint density at radius 1 is 1.25 bits per heavy atom. The number of hydrogen-bond donors (Lipinski definition) is 1. The van der Waals surface area contributed by atoms with Crippen LogP contribution in [0.4, 0.5) is 10.1 Å². The summed E-state index contributed by atoms with van der Waals surface area (Å²) in [6, 6.07) is 11.6. The number of aromatic nitrogens is 4. The lowest BCUT2D eigenvalue weighted by molar-refractivity contribution is -0.113. The SMILES string of the molecule is COc1cccc(NC(=O)CSc2nnc3c4cc(F)ccc4n(C)c3n2)c1. The Labute approximate surface area is 163 Å². The van der Waals surface area contributed by atoms with Gasteiger partial charge >= 0.3 is 0 Å². The van der Waals surface area contributed by atoms with Gasteiger partial charge in [-0.25, -0.2) is 9.37 Å². The second kappa shape index (κ2) is 7.43. The molecule has 0 aliphatic rings. The van der Waals surface area contributed by atoms with Crippen LogP contribution >= 0.6 is 11.8 Å². The summed E-state index contributed by atoms with van der Waals surface area (Å²) >= 11 is 1.18. The van der Waals surface area contributed by atoms with E-state index in [2.05, 4.69) is 20.5 Å². The molecule has 28 heavy (non-hydrogen) atoms. The van der Waals surface area contributed by atoms with Gasteiger partial charge < -0.3 is 14.6 Å². The zero-order chi connectivity index (χ0) is 19.7. The zero-order valence-corrected chi connectivity index (χ0v) is 16.0. The van der Waals surface area contributed by atoms with Gasteiger partial charge in [0.1, 0.15) is 17.1 Å². The van der Waals surface area contributed by atoms with Crippen LogP contribution in [-0.4, -0.2) is 38.5 Å². The minimum atomic E-state index is -0.338.